The fourth-order valence-electron chi connectivity index (χ4n) is 3.26. The molecular weight excluding hydrogens is 288 g/mol. The van der Waals surface area contributed by atoms with Gasteiger partial charge in [0.1, 0.15) is 0 Å². The number of hydrogen-bond acceptors (Lipinski definition) is 4. The maximum absolute atomic E-state index is 5.99. The summed E-state index contributed by atoms with van der Waals surface area (Å²) in [5.41, 5.74) is 1.10. The van der Waals surface area contributed by atoms with E-state index >= 15 is 0 Å². The normalized spacial score (nSPS) is 24.0. The maximum atomic E-state index is 5.99. The summed E-state index contributed by atoms with van der Waals surface area (Å²) < 4.78 is 11.0. The zero-order valence-electron chi connectivity index (χ0n) is 11.7. The van der Waals surface area contributed by atoms with Crippen molar-refractivity contribution >= 4 is 11.6 Å². The topological polar surface area (TPSA) is 48.2 Å². The zero-order chi connectivity index (χ0) is 14.3. The Morgan fingerprint density at radius 1 is 1.19 bits per heavy atom. The first-order valence-electron chi connectivity index (χ1n) is 7.46. The molecule has 1 unspecified atom stereocenters. The van der Waals surface area contributed by atoms with Crippen LogP contribution in [0.2, 0.25) is 5.02 Å². The van der Waals surface area contributed by atoms with Gasteiger partial charge < -0.3 is 9.26 Å². The van der Waals surface area contributed by atoms with E-state index < -0.39 is 0 Å². The number of hydrogen-bond donors (Lipinski definition) is 0. The van der Waals surface area contributed by atoms with E-state index in [1.54, 1.807) is 0 Å². The van der Waals surface area contributed by atoms with Gasteiger partial charge >= 0.3 is 0 Å². The van der Waals surface area contributed by atoms with Gasteiger partial charge in [0.25, 0.3) is 0 Å². The first-order chi connectivity index (χ1) is 10.3. The lowest BCUT2D eigenvalue weighted by molar-refractivity contribution is 0.192. The zero-order valence-corrected chi connectivity index (χ0v) is 12.5. The summed E-state index contributed by atoms with van der Waals surface area (Å²) >= 11 is 5.99. The number of halogens is 1. The summed E-state index contributed by atoms with van der Waals surface area (Å²) in [5, 5.41) is 4.95. The Bertz CT molecular complexity index is 628. The van der Waals surface area contributed by atoms with Crippen molar-refractivity contribution in [2.24, 2.45) is 0 Å². The Morgan fingerprint density at radius 3 is 2.62 bits per heavy atom. The lowest BCUT2D eigenvalue weighted by Crippen LogP contribution is -2.35. The van der Waals surface area contributed by atoms with Crippen LogP contribution in [0.1, 0.15) is 48.9 Å². The van der Waals surface area contributed by atoms with Crippen LogP contribution in [0.3, 0.4) is 0 Å². The van der Waals surface area contributed by atoms with Gasteiger partial charge in [-0.3, -0.25) is 0 Å². The summed E-state index contributed by atoms with van der Waals surface area (Å²) in [6.07, 6.45) is 4.27. The third kappa shape index (κ3) is 2.17. The molecule has 4 nitrogen and oxygen atoms in total. The Morgan fingerprint density at radius 2 is 2.00 bits per heavy atom. The molecule has 1 aromatic heterocycles. The van der Waals surface area contributed by atoms with Gasteiger partial charge in [-0.2, -0.15) is 4.98 Å². The van der Waals surface area contributed by atoms with Crippen molar-refractivity contribution in [1.29, 1.82) is 0 Å². The molecule has 1 saturated heterocycles. The first kappa shape index (κ1) is 13.3. The minimum Gasteiger partial charge on any atom is -0.381 e. The molecule has 0 spiro atoms. The van der Waals surface area contributed by atoms with Crippen LogP contribution in [0.15, 0.2) is 28.8 Å². The Labute approximate surface area is 128 Å². The van der Waals surface area contributed by atoms with Crippen LogP contribution in [0.5, 0.6) is 0 Å². The van der Waals surface area contributed by atoms with Crippen molar-refractivity contribution in [3.05, 3.63) is 46.6 Å². The summed E-state index contributed by atoms with van der Waals surface area (Å²) in [6, 6.07) is 8.01. The average molecular weight is 305 g/mol. The van der Waals surface area contributed by atoms with E-state index in [-0.39, 0.29) is 11.3 Å². The van der Waals surface area contributed by atoms with Crippen molar-refractivity contribution in [3.63, 3.8) is 0 Å². The molecule has 21 heavy (non-hydrogen) atoms. The highest BCUT2D eigenvalue weighted by molar-refractivity contribution is 6.30. The van der Waals surface area contributed by atoms with Crippen molar-refractivity contribution in [3.8, 4) is 0 Å². The molecule has 1 aromatic carbocycles. The molecule has 110 valence electrons. The van der Waals surface area contributed by atoms with Gasteiger partial charge in [-0.05, 0) is 37.0 Å². The predicted octanol–water partition coefficient (Wildman–Crippen LogP) is 3.70. The van der Waals surface area contributed by atoms with Crippen LogP contribution in [0.25, 0.3) is 0 Å². The third-order valence-electron chi connectivity index (χ3n) is 4.75. The van der Waals surface area contributed by atoms with Crippen molar-refractivity contribution in [1.82, 2.24) is 10.1 Å². The summed E-state index contributed by atoms with van der Waals surface area (Å²) in [4.78, 5) is 4.69. The largest absolute Gasteiger partial charge is 0.381 e. The Balaban J connectivity index is 1.67. The number of benzene rings is 1. The van der Waals surface area contributed by atoms with Gasteiger partial charge in [0.15, 0.2) is 5.82 Å². The van der Waals surface area contributed by atoms with E-state index in [1.807, 2.05) is 12.1 Å². The van der Waals surface area contributed by atoms with Crippen LogP contribution >= 0.6 is 11.6 Å². The van der Waals surface area contributed by atoms with E-state index in [0.717, 1.165) is 42.6 Å². The van der Waals surface area contributed by atoms with Crippen LogP contribution in [-0.2, 0) is 10.2 Å². The summed E-state index contributed by atoms with van der Waals surface area (Å²) in [5.74, 6) is 1.82. The SMILES string of the molecule is Clc1ccc(C2(c3nc(C4CCOC4)no3)CCC2)cc1. The monoisotopic (exact) mass is 304 g/mol. The number of aromatic nitrogens is 2. The van der Waals surface area contributed by atoms with Gasteiger partial charge in [-0.15, -0.1) is 0 Å². The molecule has 1 atom stereocenters. The van der Waals surface area contributed by atoms with Gasteiger partial charge in [0.05, 0.1) is 12.0 Å². The molecule has 0 bridgehead atoms. The molecule has 0 N–H and O–H groups in total. The molecule has 0 radical (unpaired) electrons. The lowest BCUT2D eigenvalue weighted by atomic mass is 9.64. The maximum Gasteiger partial charge on any atom is 0.237 e. The summed E-state index contributed by atoms with van der Waals surface area (Å²) in [7, 11) is 0. The molecule has 1 aliphatic carbocycles. The average Bonchev–Trinajstić information content (AvgIpc) is 3.10. The molecule has 2 aliphatic rings. The van der Waals surface area contributed by atoms with Crippen LogP contribution in [-0.4, -0.2) is 23.4 Å². The van der Waals surface area contributed by atoms with E-state index in [4.69, 9.17) is 25.8 Å². The smallest absolute Gasteiger partial charge is 0.237 e. The van der Waals surface area contributed by atoms with Gasteiger partial charge in [-0.1, -0.05) is 35.3 Å². The molecule has 2 heterocycles. The molecule has 1 aliphatic heterocycles. The highest BCUT2D eigenvalue weighted by Crippen LogP contribution is 2.48. The van der Waals surface area contributed by atoms with E-state index in [2.05, 4.69) is 17.3 Å². The Hall–Kier alpha value is -1.39. The first-order valence-corrected chi connectivity index (χ1v) is 7.84. The fourth-order valence-corrected chi connectivity index (χ4v) is 3.38. The van der Waals surface area contributed by atoms with Crippen molar-refractivity contribution in [2.45, 2.75) is 37.0 Å². The standard InChI is InChI=1S/C16H17ClN2O2/c17-13-4-2-12(3-5-13)16(7-1-8-16)15-18-14(19-21-15)11-6-9-20-10-11/h2-5,11H,1,6-10H2. The third-order valence-corrected chi connectivity index (χ3v) is 5.00. The molecule has 2 aromatic rings. The van der Waals surface area contributed by atoms with Crippen LogP contribution in [0, 0.1) is 0 Å². The van der Waals surface area contributed by atoms with Crippen molar-refractivity contribution in [2.75, 3.05) is 13.2 Å². The molecule has 2 fully saturated rings. The minimum absolute atomic E-state index is 0.116. The molecule has 5 heteroatoms. The summed E-state index contributed by atoms with van der Waals surface area (Å²) in [6.45, 7) is 1.49. The lowest BCUT2D eigenvalue weighted by Gasteiger charge is -2.38. The second-order valence-corrected chi connectivity index (χ2v) is 6.40. The van der Waals surface area contributed by atoms with Crippen LogP contribution in [0.4, 0.5) is 0 Å². The predicted molar refractivity (Wildman–Crippen MR) is 78.6 cm³/mol. The van der Waals surface area contributed by atoms with Crippen molar-refractivity contribution < 1.29 is 9.26 Å². The quantitative estimate of drug-likeness (QED) is 0.867. The van der Waals surface area contributed by atoms with Gasteiger partial charge in [-0.25, -0.2) is 0 Å². The van der Waals surface area contributed by atoms with E-state index in [1.165, 1.54) is 12.0 Å². The van der Waals surface area contributed by atoms with E-state index in [9.17, 15) is 0 Å². The highest BCUT2D eigenvalue weighted by atomic mass is 35.5. The molecule has 4 rings (SSSR count). The molecular formula is C16H17ClN2O2. The van der Waals surface area contributed by atoms with Gasteiger partial charge in [0, 0.05) is 17.5 Å². The van der Waals surface area contributed by atoms with Crippen LogP contribution < -0.4 is 0 Å². The van der Waals surface area contributed by atoms with E-state index in [0.29, 0.717) is 6.61 Å². The Kier molecular flexibility index (Phi) is 3.23. The fraction of sp³-hybridized carbons (Fsp3) is 0.500. The molecule has 1 saturated carbocycles. The minimum atomic E-state index is -0.116. The number of rotatable bonds is 3. The second kappa shape index (κ2) is 5.11. The number of ether oxygens (including phenoxy) is 1. The highest BCUT2D eigenvalue weighted by Gasteiger charge is 2.45. The molecule has 0 amide bonds. The number of nitrogens with zero attached hydrogens (tertiary/aromatic N) is 2. The second-order valence-electron chi connectivity index (χ2n) is 5.96. The van der Waals surface area contributed by atoms with Gasteiger partial charge in [0.2, 0.25) is 5.89 Å².